The van der Waals surface area contributed by atoms with Crippen molar-refractivity contribution in [3.8, 4) is 0 Å². The van der Waals surface area contributed by atoms with E-state index in [1.165, 1.54) is 0 Å². The second-order valence-corrected chi connectivity index (χ2v) is 8.44. The molecule has 0 spiro atoms. The molecule has 0 atom stereocenters. The second kappa shape index (κ2) is 4.64. The summed E-state index contributed by atoms with van der Waals surface area (Å²) in [5.41, 5.74) is 0. The summed E-state index contributed by atoms with van der Waals surface area (Å²) in [6.07, 6.45) is 0. The molecule has 0 amide bonds. The Morgan fingerprint density at radius 3 is 1.45 bits per heavy atom. The minimum absolute atomic E-state index is 1.10. The summed E-state index contributed by atoms with van der Waals surface area (Å²) >= 11 is -1.25. The van der Waals surface area contributed by atoms with Crippen molar-refractivity contribution in [2.24, 2.45) is 3.95 Å². The fourth-order valence-electron chi connectivity index (χ4n) is 0.862. The third kappa shape index (κ3) is 4.29. The first kappa shape index (κ1) is 10.8. The SMILES string of the molecule is CN(C)C(=[N][GeH]([CH3])[CH3])N(C)C. The van der Waals surface area contributed by atoms with Crippen LogP contribution in [0.4, 0.5) is 0 Å². The molecule has 0 aliphatic carbocycles. The van der Waals surface area contributed by atoms with E-state index in [2.05, 4.69) is 25.3 Å². The van der Waals surface area contributed by atoms with Crippen LogP contribution < -0.4 is 0 Å². The molecule has 0 fully saturated rings. The van der Waals surface area contributed by atoms with Crippen molar-refractivity contribution in [2.75, 3.05) is 28.2 Å². The molecule has 0 unspecified atom stereocenters. The zero-order valence-corrected chi connectivity index (χ0v) is 10.8. The van der Waals surface area contributed by atoms with Gasteiger partial charge in [-0.2, -0.15) is 0 Å². The fraction of sp³-hybridized carbons (Fsp3) is 0.857. The van der Waals surface area contributed by atoms with Crippen molar-refractivity contribution in [3.05, 3.63) is 0 Å². The van der Waals surface area contributed by atoms with Gasteiger partial charge in [-0.1, -0.05) is 0 Å². The van der Waals surface area contributed by atoms with Gasteiger partial charge in [0.2, 0.25) is 0 Å². The van der Waals surface area contributed by atoms with Crippen LogP contribution in [0.3, 0.4) is 0 Å². The van der Waals surface area contributed by atoms with Crippen LogP contribution in [-0.4, -0.2) is 58.5 Å². The van der Waals surface area contributed by atoms with Crippen LogP contribution in [0.5, 0.6) is 0 Å². The van der Waals surface area contributed by atoms with Gasteiger partial charge in [0.05, 0.1) is 0 Å². The van der Waals surface area contributed by atoms with Gasteiger partial charge in [-0.25, -0.2) is 0 Å². The molecule has 0 aliphatic heterocycles. The molecule has 11 heavy (non-hydrogen) atoms. The Bertz CT molecular complexity index is 131. The topological polar surface area (TPSA) is 18.8 Å². The molecule has 0 saturated carbocycles. The third-order valence-electron chi connectivity index (χ3n) is 1.17. The molecule has 0 aromatic rings. The standard InChI is InChI=1S/C7H19GeN3/c1-8(2)9-7(10(3)4)11(5)6/h8H,1-6H3. The van der Waals surface area contributed by atoms with E-state index in [-0.39, 0.29) is 0 Å². The molecule has 0 rings (SSSR count). The van der Waals surface area contributed by atoms with Crippen molar-refractivity contribution in [1.29, 1.82) is 0 Å². The van der Waals surface area contributed by atoms with E-state index >= 15 is 0 Å². The molecule has 0 aromatic carbocycles. The predicted octanol–water partition coefficient (Wildman–Crippen LogP) is 0.449. The Morgan fingerprint density at radius 2 is 1.36 bits per heavy atom. The van der Waals surface area contributed by atoms with Gasteiger partial charge in [0.1, 0.15) is 0 Å². The van der Waals surface area contributed by atoms with E-state index in [9.17, 15) is 0 Å². The Kier molecular flexibility index (Phi) is 4.56. The molecule has 0 heterocycles. The summed E-state index contributed by atoms with van der Waals surface area (Å²) in [4.78, 5) is 4.12. The Morgan fingerprint density at radius 1 is 1.00 bits per heavy atom. The van der Waals surface area contributed by atoms with Crippen molar-refractivity contribution in [2.45, 2.75) is 11.5 Å². The van der Waals surface area contributed by atoms with E-state index in [0.717, 1.165) is 5.96 Å². The molecule has 0 aliphatic rings. The minimum atomic E-state index is -1.25. The number of rotatable bonds is 1. The zero-order valence-electron chi connectivity index (χ0n) is 8.42. The van der Waals surface area contributed by atoms with E-state index in [4.69, 9.17) is 0 Å². The molecule has 0 bridgehead atoms. The van der Waals surface area contributed by atoms with E-state index < -0.39 is 14.6 Å². The van der Waals surface area contributed by atoms with Gasteiger partial charge in [0, 0.05) is 0 Å². The van der Waals surface area contributed by atoms with E-state index in [1.807, 2.05) is 28.2 Å². The summed E-state index contributed by atoms with van der Waals surface area (Å²) in [6, 6.07) is 0. The zero-order chi connectivity index (χ0) is 9.02. The molecular formula is C7H19GeN3. The van der Waals surface area contributed by atoms with Gasteiger partial charge in [-0.05, 0) is 0 Å². The monoisotopic (exact) mass is 219 g/mol. The quantitative estimate of drug-likeness (QED) is 0.361. The van der Waals surface area contributed by atoms with Crippen LogP contribution in [0.15, 0.2) is 3.95 Å². The molecule has 0 radical (unpaired) electrons. The van der Waals surface area contributed by atoms with Gasteiger partial charge in [0.25, 0.3) is 0 Å². The molecule has 4 heteroatoms. The number of nitrogens with zero attached hydrogens (tertiary/aromatic N) is 3. The Labute approximate surface area is 74.4 Å². The van der Waals surface area contributed by atoms with Crippen LogP contribution in [0, 0.1) is 0 Å². The van der Waals surface area contributed by atoms with Crippen LogP contribution >= 0.6 is 0 Å². The van der Waals surface area contributed by atoms with Crippen molar-refractivity contribution in [1.82, 2.24) is 9.80 Å². The first-order valence-corrected chi connectivity index (χ1v) is 9.80. The Balaban J connectivity index is 4.33. The predicted molar refractivity (Wildman–Crippen MR) is 53.7 cm³/mol. The van der Waals surface area contributed by atoms with Gasteiger partial charge < -0.3 is 0 Å². The Hall–Kier alpha value is -0.187. The average molecular weight is 218 g/mol. The molecule has 3 nitrogen and oxygen atoms in total. The first-order valence-electron chi connectivity index (χ1n) is 3.87. The molecule has 0 N–H and O–H groups in total. The van der Waals surface area contributed by atoms with E-state index in [1.54, 1.807) is 0 Å². The summed E-state index contributed by atoms with van der Waals surface area (Å²) in [5, 5.41) is 0. The number of hydrogen-bond donors (Lipinski definition) is 0. The van der Waals surface area contributed by atoms with Crippen LogP contribution in [0.25, 0.3) is 0 Å². The first-order chi connectivity index (χ1) is 4.95. The normalized spacial score (nSPS) is 9.73. The van der Waals surface area contributed by atoms with Gasteiger partial charge in [0.15, 0.2) is 0 Å². The van der Waals surface area contributed by atoms with Crippen LogP contribution in [0.2, 0.25) is 11.5 Å². The third-order valence-corrected chi connectivity index (χ3v) is 2.74. The summed E-state index contributed by atoms with van der Waals surface area (Å²) in [7, 11) is 8.12. The molecule has 0 saturated heterocycles. The maximum atomic E-state index is 4.63. The molecule has 66 valence electrons. The van der Waals surface area contributed by atoms with Crippen molar-refractivity contribution < 1.29 is 0 Å². The average Bonchev–Trinajstić information content (AvgIpc) is 1.81. The summed E-state index contributed by atoms with van der Waals surface area (Å²) in [6.45, 7) is 0. The second-order valence-electron chi connectivity index (χ2n) is 3.31. The van der Waals surface area contributed by atoms with Crippen LogP contribution in [0.1, 0.15) is 0 Å². The maximum absolute atomic E-state index is 4.63. The number of guanidine groups is 1. The molecular weight excluding hydrogens is 199 g/mol. The summed E-state index contributed by atoms with van der Waals surface area (Å²) in [5.74, 6) is 5.62. The fourth-order valence-corrected chi connectivity index (χ4v) is 2.80. The molecule has 0 aromatic heterocycles. The van der Waals surface area contributed by atoms with Crippen molar-refractivity contribution in [3.63, 3.8) is 0 Å². The number of hydrogen-bond acceptors (Lipinski definition) is 1. The van der Waals surface area contributed by atoms with Gasteiger partial charge in [-0.3, -0.25) is 0 Å². The van der Waals surface area contributed by atoms with Crippen molar-refractivity contribution >= 4 is 20.5 Å². The van der Waals surface area contributed by atoms with Crippen LogP contribution in [-0.2, 0) is 0 Å². The van der Waals surface area contributed by atoms with Gasteiger partial charge >= 0.3 is 74.0 Å². The summed E-state index contributed by atoms with van der Waals surface area (Å²) < 4.78 is 4.63. The van der Waals surface area contributed by atoms with Gasteiger partial charge in [-0.15, -0.1) is 0 Å². The van der Waals surface area contributed by atoms with E-state index in [0.29, 0.717) is 0 Å².